The van der Waals surface area contributed by atoms with Crippen LogP contribution in [-0.4, -0.2) is 10.2 Å². The van der Waals surface area contributed by atoms with E-state index in [4.69, 9.17) is 14.9 Å². The van der Waals surface area contributed by atoms with Crippen molar-refractivity contribution in [1.82, 2.24) is 0 Å². The summed E-state index contributed by atoms with van der Waals surface area (Å²) in [6.45, 7) is 3.32. The summed E-state index contributed by atoms with van der Waals surface area (Å²) in [5, 5.41) is 18.0. The SMILES string of the molecule is C=COc1ccc(O)cc1O. The van der Waals surface area contributed by atoms with Gasteiger partial charge in [0, 0.05) is 6.07 Å². The first kappa shape index (κ1) is 7.47. The molecular weight excluding hydrogens is 144 g/mol. The van der Waals surface area contributed by atoms with Crippen molar-refractivity contribution in [1.29, 1.82) is 0 Å². The van der Waals surface area contributed by atoms with Crippen LogP contribution in [0.2, 0.25) is 0 Å². The molecule has 0 bridgehead atoms. The van der Waals surface area contributed by atoms with Crippen LogP contribution >= 0.6 is 0 Å². The molecule has 0 aliphatic rings. The number of rotatable bonds is 2. The van der Waals surface area contributed by atoms with E-state index in [2.05, 4.69) is 6.58 Å². The monoisotopic (exact) mass is 152 g/mol. The summed E-state index contributed by atoms with van der Waals surface area (Å²) in [6, 6.07) is 4.06. The summed E-state index contributed by atoms with van der Waals surface area (Å²) in [5.41, 5.74) is 0. The van der Waals surface area contributed by atoms with Gasteiger partial charge in [0.1, 0.15) is 5.75 Å². The number of benzene rings is 1. The lowest BCUT2D eigenvalue weighted by atomic mass is 10.3. The second-order valence-electron chi connectivity index (χ2n) is 1.94. The van der Waals surface area contributed by atoms with Gasteiger partial charge in [-0.2, -0.15) is 0 Å². The number of hydrogen-bond acceptors (Lipinski definition) is 3. The fourth-order valence-corrected chi connectivity index (χ4v) is 0.695. The zero-order chi connectivity index (χ0) is 8.27. The highest BCUT2D eigenvalue weighted by Crippen LogP contribution is 2.29. The minimum absolute atomic E-state index is 0.00101. The Labute approximate surface area is 64.2 Å². The average Bonchev–Trinajstić information content (AvgIpc) is 1.95. The second-order valence-corrected chi connectivity index (χ2v) is 1.94. The third kappa shape index (κ3) is 1.64. The molecular formula is C8H8O3. The highest BCUT2D eigenvalue weighted by atomic mass is 16.5. The molecule has 3 nitrogen and oxygen atoms in total. The van der Waals surface area contributed by atoms with Crippen molar-refractivity contribution in [3.63, 3.8) is 0 Å². The predicted molar refractivity (Wildman–Crippen MR) is 40.6 cm³/mol. The minimum Gasteiger partial charge on any atom is -0.508 e. The molecule has 0 amide bonds. The van der Waals surface area contributed by atoms with Crippen LogP contribution < -0.4 is 4.74 Å². The van der Waals surface area contributed by atoms with E-state index in [1.807, 2.05) is 0 Å². The van der Waals surface area contributed by atoms with Crippen LogP contribution in [0.4, 0.5) is 0 Å². The molecule has 1 aromatic carbocycles. The molecule has 0 radical (unpaired) electrons. The van der Waals surface area contributed by atoms with Gasteiger partial charge in [0.25, 0.3) is 0 Å². The van der Waals surface area contributed by atoms with Crippen LogP contribution in [0, 0.1) is 0 Å². The van der Waals surface area contributed by atoms with E-state index in [0.29, 0.717) is 0 Å². The Hall–Kier alpha value is -1.64. The topological polar surface area (TPSA) is 49.7 Å². The van der Waals surface area contributed by atoms with Crippen molar-refractivity contribution in [2.45, 2.75) is 0 Å². The summed E-state index contributed by atoms with van der Waals surface area (Å²) < 4.78 is 4.79. The lowest BCUT2D eigenvalue weighted by molar-refractivity contribution is 0.403. The number of phenolic OH excluding ortho intramolecular Hbond substituents is 2. The van der Waals surface area contributed by atoms with Crippen LogP contribution in [0.15, 0.2) is 31.0 Å². The Morgan fingerprint density at radius 3 is 2.64 bits per heavy atom. The van der Waals surface area contributed by atoms with Gasteiger partial charge in [-0.05, 0) is 12.1 Å². The number of ether oxygens (including phenoxy) is 1. The minimum atomic E-state index is -0.107. The number of phenols is 2. The largest absolute Gasteiger partial charge is 0.508 e. The molecule has 2 N–H and O–H groups in total. The van der Waals surface area contributed by atoms with Crippen molar-refractivity contribution < 1.29 is 14.9 Å². The third-order valence-corrected chi connectivity index (χ3v) is 1.15. The maximum absolute atomic E-state index is 9.09. The molecule has 0 atom stereocenters. The Balaban J connectivity index is 2.98. The van der Waals surface area contributed by atoms with Crippen molar-refractivity contribution in [2.75, 3.05) is 0 Å². The Bertz CT molecular complexity index is 268. The van der Waals surface area contributed by atoms with E-state index >= 15 is 0 Å². The van der Waals surface area contributed by atoms with E-state index in [9.17, 15) is 0 Å². The Morgan fingerprint density at radius 2 is 2.09 bits per heavy atom. The van der Waals surface area contributed by atoms with Crippen LogP contribution in [0.25, 0.3) is 0 Å². The smallest absolute Gasteiger partial charge is 0.168 e. The number of hydrogen-bond donors (Lipinski definition) is 2. The van der Waals surface area contributed by atoms with E-state index < -0.39 is 0 Å². The number of aromatic hydroxyl groups is 2. The second kappa shape index (κ2) is 2.96. The van der Waals surface area contributed by atoms with Crippen molar-refractivity contribution in [2.24, 2.45) is 0 Å². The molecule has 0 saturated heterocycles. The Kier molecular flexibility index (Phi) is 2.01. The maximum atomic E-state index is 9.09. The van der Waals surface area contributed by atoms with Gasteiger partial charge < -0.3 is 14.9 Å². The zero-order valence-electron chi connectivity index (χ0n) is 5.82. The normalized spacial score (nSPS) is 9.09. The molecule has 3 heteroatoms. The summed E-state index contributed by atoms with van der Waals surface area (Å²) in [6.07, 6.45) is 1.20. The van der Waals surface area contributed by atoms with Gasteiger partial charge in [0.05, 0.1) is 6.26 Å². The van der Waals surface area contributed by atoms with Crippen LogP contribution in [0.5, 0.6) is 17.2 Å². The molecule has 0 heterocycles. The van der Waals surface area contributed by atoms with E-state index in [-0.39, 0.29) is 17.2 Å². The highest BCUT2D eigenvalue weighted by molar-refractivity contribution is 5.44. The third-order valence-electron chi connectivity index (χ3n) is 1.15. The summed E-state index contributed by atoms with van der Waals surface area (Å²) >= 11 is 0. The van der Waals surface area contributed by atoms with Gasteiger partial charge in [0.15, 0.2) is 11.5 Å². The predicted octanol–water partition coefficient (Wildman–Crippen LogP) is 1.62. The maximum Gasteiger partial charge on any atom is 0.168 e. The van der Waals surface area contributed by atoms with Crippen LogP contribution in [0.1, 0.15) is 0 Å². The van der Waals surface area contributed by atoms with E-state index in [0.717, 1.165) is 0 Å². The first-order valence-corrected chi connectivity index (χ1v) is 3.03. The molecule has 0 aliphatic heterocycles. The zero-order valence-corrected chi connectivity index (χ0v) is 5.82. The average molecular weight is 152 g/mol. The van der Waals surface area contributed by atoms with E-state index in [1.54, 1.807) is 0 Å². The molecule has 58 valence electrons. The fraction of sp³-hybridized carbons (Fsp3) is 0. The first-order valence-electron chi connectivity index (χ1n) is 3.03. The molecule has 1 rings (SSSR count). The lowest BCUT2D eigenvalue weighted by Gasteiger charge is -2.01. The van der Waals surface area contributed by atoms with Gasteiger partial charge in [-0.15, -0.1) is 0 Å². The molecule has 11 heavy (non-hydrogen) atoms. The van der Waals surface area contributed by atoms with Crippen LogP contribution in [-0.2, 0) is 0 Å². The molecule has 0 aromatic heterocycles. The first-order chi connectivity index (χ1) is 5.24. The lowest BCUT2D eigenvalue weighted by Crippen LogP contribution is -1.80. The summed E-state index contributed by atoms with van der Waals surface area (Å²) in [5.74, 6) is 0.168. The molecule has 0 spiro atoms. The van der Waals surface area contributed by atoms with Gasteiger partial charge >= 0.3 is 0 Å². The molecule has 1 aromatic rings. The van der Waals surface area contributed by atoms with Crippen molar-refractivity contribution >= 4 is 0 Å². The van der Waals surface area contributed by atoms with Crippen molar-refractivity contribution in [3.05, 3.63) is 31.0 Å². The summed E-state index contributed by atoms with van der Waals surface area (Å²) in [7, 11) is 0. The van der Waals surface area contributed by atoms with Gasteiger partial charge in [-0.25, -0.2) is 0 Å². The standard InChI is InChI=1S/C8H8O3/c1-2-11-8-4-3-6(9)5-7(8)10/h2-5,9-10H,1H2. The van der Waals surface area contributed by atoms with Gasteiger partial charge in [-0.1, -0.05) is 6.58 Å². The summed E-state index contributed by atoms with van der Waals surface area (Å²) in [4.78, 5) is 0. The Morgan fingerprint density at radius 1 is 1.36 bits per heavy atom. The molecule has 0 aliphatic carbocycles. The highest BCUT2D eigenvalue weighted by Gasteiger charge is 2.00. The van der Waals surface area contributed by atoms with Crippen LogP contribution in [0.3, 0.4) is 0 Å². The van der Waals surface area contributed by atoms with Crippen molar-refractivity contribution in [3.8, 4) is 17.2 Å². The fourth-order valence-electron chi connectivity index (χ4n) is 0.695. The molecule has 0 unspecified atom stereocenters. The quantitative estimate of drug-likeness (QED) is 0.633. The van der Waals surface area contributed by atoms with Gasteiger partial charge in [-0.3, -0.25) is 0 Å². The molecule has 0 fully saturated rings. The molecule has 0 saturated carbocycles. The van der Waals surface area contributed by atoms with E-state index in [1.165, 1.54) is 24.5 Å². The van der Waals surface area contributed by atoms with Gasteiger partial charge in [0.2, 0.25) is 0 Å².